The number of nitrogens with two attached hydrogens (primary N) is 1. The van der Waals surface area contributed by atoms with Crippen molar-refractivity contribution in [3.05, 3.63) is 23.8 Å². The number of carbonyl (C=O) groups is 1. The predicted octanol–water partition coefficient (Wildman–Crippen LogP) is 1.79. The second-order valence-electron chi connectivity index (χ2n) is 5.69. The molecule has 0 spiro atoms. The van der Waals surface area contributed by atoms with Crippen LogP contribution in [0.15, 0.2) is 18.2 Å². The van der Waals surface area contributed by atoms with Gasteiger partial charge in [-0.05, 0) is 30.5 Å². The highest BCUT2D eigenvalue weighted by atomic mass is 16.5. The van der Waals surface area contributed by atoms with Gasteiger partial charge in [-0.25, -0.2) is 0 Å². The van der Waals surface area contributed by atoms with E-state index in [0.717, 1.165) is 24.8 Å². The largest absolute Gasteiger partial charge is 0.493 e. The van der Waals surface area contributed by atoms with Crippen LogP contribution in [0.2, 0.25) is 0 Å². The maximum absolute atomic E-state index is 12.6. The van der Waals surface area contributed by atoms with Crippen molar-refractivity contribution in [2.75, 3.05) is 27.8 Å². The second-order valence-corrected chi connectivity index (χ2v) is 5.69. The zero-order valence-corrected chi connectivity index (χ0v) is 13.0. The summed E-state index contributed by atoms with van der Waals surface area (Å²) in [6.45, 7) is 0.975. The summed E-state index contributed by atoms with van der Waals surface area (Å²) < 4.78 is 10.5. The van der Waals surface area contributed by atoms with Crippen molar-refractivity contribution >= 4 is 5.91 Å². The molecule has 0 aromatic heterocycles. The zero-order chi connectivity index (χ0) is 15.5. The molecule has 5 heteroatoms. The van der Waals surface area contributed by atoms with E-state index >= 15 is 0 Å². The summed E-state index contributed by atoms with van der Waals surface area (Å²) in [5.41, 5.74) is 6.48. The molecule has 2 rings (SSSR count). The number of carbonyl (C=O) groups excluding carboxylic acids is 1. The normalized spacial score (nSPS) is 16.0. The molecule has 1 amide bonds. The van der Waals surface area contributed by atoms with Crippen molar-refractivity contribution in [2.24, 2.45) is 11.1 Å². The Morgan fingerprint density at radius 2 is 1.95 bits per heavy atom. The molecule has 116 valence electrons. The average molecular weight is 292 g/mol. The third-order valence-electron chi connectivity index (χ3n) is 4.37. The van der Waals surface area contributed by atoms with Gasteiger partial charge in [0.25, 0.3) is 0 Å². The quantitative estimate of drug-likeness (QED) is 0.868. The van der Waals surface area contributed by atoms with Crippen LogP contribution < -0.4 is 15.2 Å². The van der Waals surface area contributed by atoms with Crippen LogP contribution in [-0.2, 0) is 11.3 Å². The Kier molecular flexibility index (Phi) is 4.73. The Hall–Kier alpha value is -1.75. The summed E-state index contributed by atoms with van der Waals surface area (Å²) in [6.07, 6.45) is 2.89. The molecule has 1 saturated carbocycles. The van der Waals surface area contributed by atoms with Crippen molar-refractivity contribution in [3.8, 4) is 11.5 Å². The number of hydrogen-bond donors (Lipinski definition) is 1. The van der Waals surface area contributed by atoms with Gasteiger partial charge in [-0.1, -0.05) is 12.5 Å². The fraction of sp³-hybridized carbons (Fsp3) is 0.562. The minimum absolute atomic E-state index is 0.144. The number of benzene rings is 1. The molecular weight excluding hydrogens is 268 g/mol. The first-order valence-electron chi connectivity index (χ1n) is 7.23. The van der Waals surface area contributed by atoms with Crippen molar-refractivity contribution in [3.63, 3.8) is 0 Å². The van der Waals surface area contributed by atoms with Gasteiger partial charge in [-0.15, -0.1) is 0 Å². The highest BCUT2D eigenvalue weighted by Crippen LogP contribution is 2.41. The summed E-state index contributed by atoms with van der Waals surface area (Å²) in [6, 6.07) is 5.70. The maximum Gasteiger partial charge on any atom is 0.230 e. The SMILES string of the molecule is COc1ccc(CN(C)C(=O)C2(CN)CCC2)cc1OC. The summed E-state index contributed by atoms with van der Waals surface area (Å²) in [5, 5.41) is 0. The Balaban J connectivity index is 2.09. The number of nitrogens with zero attached hydrogens (tertiary/aromatic N) is 1. The van der Waals surface area contributed by atoms with Crippen LogP contribution in [0.3, 0.4) is 0 Å². The van der Waals surface area contributed by atoms with Gasteiger partial charge in [0.05, 0.1) is 19.6 Å². The molecular formula is C16H24N2O3. The molecule has 2 N–H and O–H groups in total. The molecule has 0 radical (unpaired) electrons. The first kappa shape index (κ1) is 15.6. The topological polar surface area (TPSA) is 64.8 Å². The van der Waals surface area contributed by atoms with E-state index in [2.05, 4.69) is 0 Å². The number of amides is 1. The molecule has 21 heavy (non-hydrogen) atoms. The molecule has 1 aliphatic carbocycles. The first-order valence-corrected chi connectivity index (χ1v) is 7.23. The lowest BCUT2D eigenvalue weighted by atomic mass is 9.68. The molecule has 0 unspecified atom stereocenters. The summed E-state index contributed by atoms with van der Waals surface area (Å²) in [5.74, 6) is 1.51. The van der Waals surface area contributed by atoms with E-state index in [-0.39, 0.29) is 11.3 Å². The maximum atomic E-state index is 12.6. The molecule has 1 aromatic rings. The summed E-state index contributed by atoms with van der Waals surface area (Å²) in [7, 11) is 5.04. The second kappa shape index (κ2) is 6.35. The van der Waals surface area contributed by atoms with Gasteiger partial charge in [-0.2, -0.15) is 0 Å². The van der Waals surface area contributed by atoms with E-state index < -0.39 is 0 Å². The monoisotopic (exact) mass is 292 g/mol. The first-order chi connectivity index (χ1) is 10.1. The fourth-order valence-corrected chi connectivity index (χ4v) is 2.84. The molecule has 5 nitrogen and oxygen atoms in total. The summed E-state index contributed by atoms with van der Waals surface area (Å²) in [4.78, 5) is 14.3. The summed E-state index contributed by atoms with van der Waals surface area (Å²) >= 11 is 0. The molecule has 0 aliphatic heterocycles. The lowest BCUT2D eigenvalue weighted by Gasteiger charge is -2.41. The minimum Gasteiger partial charge on any atom is -0.493 e. The molecule has 1 aliphatic rings. The van der Waals surface area contributed by atoms with Crippen LogP contribution in [0.25, 0.3) is 0 Å². The highest BCUT2D eigenvalue weighted by Gasteiger charge is 2.44. The van der Waals surface area contributed by atoms with E-state index in [0.29, 0.717) is 24.6 Å². The van der Waals surface area contributed by atoms with E-state index in [4.69, 9.17) is 15.2 Å². The number of hydrogen-bond acceptors (Lipinski definition) is 4. The van der Waals surface area contributed by atoms with E-state index in [9.17, 15) is 4.79 Å². The zero-order valence-electron chi connectivity index (χ0n) is 13.0. The van der Waals surface area contributed by atoms with Gasteiger partial charge < -0.3 is 20.1 Å². The van der Waals surface area contributed by atoms with Crippen LogP contribution >= 0.6 is 0 Å². The number of ether oxygens (including phenoxy) is 2. The standard InChI is InChI=1S/C16H24N2O3/c1-18(15(19)16(11-17)7-4-8-16)10-12-5-6-13(20-2)14(9-12)21-3/h5-6,9H,4,7-8,10-11,17H2,1-3H3. The van der Waals surface area contributed by atoms with Gasteiger partial charge >= 0.3 is 0 Å². The van der Waals surface area contributed by atoms with Crippen LogP contribution in [0.4, 0.5) is 0 Å². The number of methoxy groups -OCH3 is 2. The van der Waals surface area contributed by atoms with Crippen LogP contribution in [0.5, 0.6) is 11.5 Å². The Morgan fingerprint density at radius 3 is 2.43 bits per heavy atom. The third kappa shape index (κ3) is 2.97. The Labute approximate surface area is 126 Å². The third-order valence-corrected chi connectivity index (χ3v) is 4.37. The van der Waals surface area contributed by atoms with Gasteiger partial charge in [-0.3, -0.25) is 4.79 Å². The fourth-order valence-electron chi connectivity index (χ4n) is 2.84. The van der Waals surface area contributed by atoms with Crippen molar-refractivity contribution in [1.29, 1.82) is 0 Å². The van der Waals surface area contributed by atoms with Gasteiger partial charge in [0.1, 0.15) is 0 Å². The molecule has 0 saturated heterocycles. The molecule has 0 bridgehead atoms. The highest BCUT2D eigenvalue weighted by molar-refractivity contribution is 5.83. The van der Waals surface area contributed by atoms with E-state index in [1.54, 1.807) is 19.1 Å². The van der Waals surface area contributed by atoms with Crippen LogP contribution in [0.1, 0.15) is 24.8 Å². The van der Waals surface area contributed by atoms with E-state index in [1.807, 2.05) is 25.2 Å². The molecule has 0 atom stereocenters. The smallest absolute Gasteiger partial charge is 0.230 e. The molecule has 1 fully saturated rings. The molecule has 1 aromatic carbocycles. The minimum atomic E-state index is -0.328. The van der Waals surface area contributed by atoms with Crippen molar-refractivity contribution in [1.82, 2.24) is 4.90 Å². The predicted molar refractivity (Wildman–Crippen MR) is 81.4 cm³/mol. The van der Waals surface area contributed by atoms with Gasteiger partial charge in [0, 0.05) is 20.1 Å². The van der Waals surface area contributed by atoms with Gasteiger partial charge in [0.2, 0.25) is 5.91 Å². The van der Waals surface area contributed by atoms with Crippen molar-refractivity contribution in [2.45, 2.75) is 25.8 Å². The lowest BCUT2D eigenvalue weighted by Crippen LogP contribution is -2.50. The van der Waals surface area contributed by atoms with Crippen LogP contribution in [-0.4, -0.2) is 38.6 Å². The molecule has 0 heterocycles. The van der Waals surface area contributed by atoms with Gasteiger partial charge in [0.15, 0.2) is 11.5 Å². The Morgan fingerprint density at radius 1 is 1.29 bits per heavy atom. The van der Waals surface area contributed by atoms with Crippen molar-refractivity contribution < 1.29 is 14.3 Å². The lowest BCUT2D eigenvalue weighted by molar-refractivity contribution is -0.145. The average Bonchev–Trinajstić information content (AvgIpc) is 2.46. The Bertz CT molecular complexity index is 507. The number of rotatable bonds is 6. The van der Waals surface area contributed by atoms with E-state index in [1.165, 1.54) is 0 Å². The van der Waals surface area contributed by atoms with Crippen LogP contribution in [0, 0.1) is 5.41 Å².